The molecule has 158 valence electrons. The molecule has 0 spiro atoms. The Hall–Kier alpha value is -2.09. The molecular weight excluding hydrogens is 425 g/mol. The van der Waals surface area contributed by atoms with Gasteiger partial charge in [0.1, 0.15) is 5.82 Å². The summed E-state index contributed by atoms with van der Waals surface area (Å²) in [5.41, 5.74) is 7.37. The summed E-state index contributed by atoms with van der Waals surface area (Å²) in [6.45, 7) is 4.35. The molecule has 2 aromatic rings. The van der Waals surface area contributed by atoms with E-state index in [0.717, 1.165) is 12.0 Å². The summed E-state index contributed by atoms with van der Waals surface area (Å²) in [4.78, 5) is 27.8. The van der Waals surface area contributed by atoms with Crippen LogP contribution in [0.4, 0.5) is 10.1 Å². The van der Waals surface area contributed by atoms with E-state index >= 15 is 0 Å². The van der Waals surface area contributed by atoms with Gasteiger partial charge in [-0.25, -0.2) is 4.39 Å². The number of halogens is 2. The average Bonchev–Trinajstić information content (AvgIpc) is 3.32. The Balaban J connectivity index is 1.69. The number of thioether (sulfide) groups is 1. The molecule has 1 unspecified atom stereocenters. The Morgan fingerprint density at radius 3 is 2.63 bits per heavy atom. The highest BCUT2D eigenvalue weighted by atomic mass is 35.5. The minimum Gasteiger partial charge on any atom is -0.349 e. The quantitative estimate of drug-likeness (QED) is 0.743. The largest absolute Gasteiger partial charge is 0.349 e. The molecule has 2 amide bonds. The van der Waals surface area contributed by atoms with Crippen LogP contribution in [0.5, 0.6) is 0 Å². The van der Waals surface area contributed by atoms with Crippen LogP contribution < -0.4 is 16.0 Å². The van der Waals surface area contributed by atoms with E-state index in [4.69, 9.17) is 17.3 Å². The van der Waals surface area contributed by atoms with Gasteiger partial charge in [-0.3, -0.25) is 9.59 Å². The van der Waals surface area contributed by atoms with E-state index in [9.17, 15) is 14.0 Å². The first-order valence-corrected chi connectivity index (χ1v) is 11.1. The van der Waals surface area contributed by atoms with Crippen LogP contribution in [0.3, 0.4) is 0 Å². The van der Waals surface area contributed by atoms with Crippen LogP contribution in [0.1, 0.15) is 36.2 Å². The van der Waals surface area contributed by atoms with Crippen molar-refractivity contribution in [3.8, 4) is 0 Å². The number of hydrogen-bond donors (Lipinski definition) is 2. The van der Waals surface area contributed by atoms with E-state index in [1.54, 1.807) is 12.1 Å². The number of amides is 2. The molecule has 5 nitrogen and oxygen atoms in total. The van der Waals surface area contributed by atoms with Gasteiger partial charge in [-0.2, -0.15) is 0 Å². The minimum absolute atomic E-state index is 0.0248. The fourth-order valence-electron chi connectivity index (χ4n) is 3.50. The first-order chi connectivity index (χ1) is 14.2. The van der Waals surface area contributed by atoms with Crippen LogP contribution in [0.25, 0.3) is 0 Å². The maximum atomic E-state index is 14.8. The fourth-order valence-corrected chi connectivity index (χ4v) is 4.63. The number of nitrogens with zero attached hydrogens (tertiary/aromatic N) is 1. The summed E-state index contributed by atoms with van der Waals surface area (Å²) in [7, 11) is 0. The van der Waals surface area contributed by atoms with Gasteiger partial charge in [-0.1, -0.05) is 37.6 Å². The molecule has 1 aliphatic heterocycles. The number of carbonyl (C=O) groups excluding carboxylic acids is 2. The number of fused-ring (bicyclic) bond motifs is 1. The van der Waals surface area contributed by atoms with Crippen LogP contribution in [0.2, 0.25) is 5.02 Å². The molecule has 0 radical (unpaired) electrons. The van der Waals surface area contributed by atoms with Crippen LogP contribution in [0.15, 0.2) is 41.3 Å². The number of hydrogen-bond acceptors (Lipinski definition) is 4. The zero-order chi connectivity index (χ0) is 21.6. The van der Waals surface area contributed by atoms with E-state index in [0.29, 0.717) is 21.4 Å². The van der Waals surface area contributed by atoms with Crippen molar-refractivity contribution in [3.63, 3.8) is 0 Å². The van der Waals surface area contributed by atoms with Crippen molar-refractivity contribution < 1.29 is 14.0 Å². The monoisotopic (exact) mass is 447 g/mol. The molecule has 0 aromatic heterocycles. The third kappa shape index (κ3) is 4.19. The second-order valence-electron chi connectivity index (χ2n) is 8.49. The summed E-state index contributed by atoms with van der Waals surface area (Å²) in [5.74, 6) is -1.00. The maximum absolute atomic E-state index is 14.8. The molecule has 0 bridgehead atoms. The standard InChI is InChI=1S/C22H23ClFN3O2S/c1-22(2)9-19(22)26-20(28)14-7-17-18(8-15(14)24)30-11-16(25)21(29)27(17)10-12-3-5-13(23)6-4-12/h3-8,16,19H,9-11,25H2,1-2H3,(H,26,28)/t16-,19?/m0/s1. The Labute approximate surface area is 184 Å². The minimum atomic E-state index is -0.720. The van der Waals surface area contributed by atoms with E-state index in [2.05, 4.69) is 19.2 Å². The van der Waals surface area contributed by atoms with Crippen molar-refractivity contribution in [1.82, 2.24) is 5.32 Å². The molecule has 2 atom stereocenters. The normalized spacial score (nSPS) is 22.3. The SMILES string of the molecule is CC1(C)CC1NC(=O)c1cc2c(cc1F)SC[C@H](N)C(=O)N2Cc1ccc(Cl)cc1. The highest BCUT2D eigenvalue weighted by Crippen LogP contribution is 2.45. The summed E-state index contributed by atoms with van der Waals surface area (Å²) >= 11 is 7.28. The zero-order valence-corrected chi connectivity index (χ0v) is 18.3. The second kappa shape index (κ2) is 7.87. The fraction of sp³-hybridized carbons (Fsp3) is 0.364. The number of benzene rings is 2. The lowest BCUT2D eigenvalue weighted by atomic mass is 10.1. The highest BCUT2D eigenvalue weighted by molar-refractivity contribution is 7.99. The van der Waals surface area contributed by atoms with Gasteiger partial charge in [0.25, 0.3) is 5.91 Å². The summed E-state index contributed by atoms with van der Waals surface area (Å²) in [6, 6.07) is 9.24. The Kier molecular flexibility index (Phi) is 5.55. The van der Waals surface area contributed by atoms with E-state index in [-0.39, 0.29) is 29.5 Å². The molecule has 30 heavy (non-hydrogen) atoms. The van der Waals surface area contributed by atoms with E-state index < -0.39 is 17.8 Å². The van der Waals surface area contributed by atoms with Crippen molar-refractivity contribution in [2.75, 3.05) is 10.7 Å². The van der Waals surface area contributed by atoms with Gasteiger partial charge in [-0.15, -0.1) is 11.8 Å². The number of rotatable bonds is 4. The molecule has 3 N–H and O–H groups in total. The van der Waals surface area contributed by atoms with Crippen molar-refractivity contribution in [1.29, 1.82) is 0 Å². The van der Waals surface area contributed by atoms with Crippen LogP contribution >= 0.6 is 23.4 Å². The van der Waals surface area contributed by atoms with Crippen LogP contribution in [-0.2, 0) is 11.3 Å². The Bertz CT molecular complexity index is 1010. The molecule has 8 heteroatoms. The zero-order valence-electron chi connectivity index (χ0n) is 16.7. The van der Waals surface area contributed by atoms with Crippen molar-refractivity contribution >= 4 is 40.9 Å². The number of nitrogens with two attached hydrogens (primary N) is 1. The molecule has 0 saturated heterocycles. The number of anilines is 1. The van der Waals surface area contributed by atoms with E-state index in [1.807, 2.05) is 12.1 Å². The van der Waals surface area contributed by atoms with Crippen LogP contribution in [0, 0.1) is 11.2 Å². The molecular formula is C22H23ClFN3O2S. The van der Waals surface area contributed by atoms with Crippen molar-refractivity contribution in [2.45, 2.75) is 43.8 Å². The summed E-state index contributed by atoms with van der Waals surface area (Å²) < 4.78 is 14.8. The topological polar surface area (TPSA) is 75.4 Å². The lowest BCUT2D eigenvalue weighted by Crippen LogP contribution is -2.44. The van der Waals surface area contributed by atoms with Gasteiger partial charge in [0, 0.05) is 21.7 Å². The van der Waals surface area contributed by atoms with Crippen LogP contribution in [-0.4, -0.2) is 29.7 Å². The van der Waals surface area contributed by atoms with E-state index in [1.165, 1.54) is 28.8 Å². The molecule has 1 aliphatic carbocycles. The molecule has 1 heterocycles. The lowest BCUT2D eigenvalue weighted by molar-refractivity contribution is -0.119. The van der Waals surface area contributed by atoms with Crippen molar-refractivity contribution in [3.05, 3.63) is 58.4 Å². The Morgan fingerprint density at radius 2 is 2.00 bits per heavy atom. The molecule has 4 rings (SSSR count). The van der Waals surface area contributed by atoms with Gasteiger partial charge >= 0.3 is 0 Å². The molecule has 1 saturated carbocycles. The van der Waals surface area contributed by atoms with Gasteiger partial charge in [0.05, 0.1) is 23.8 Å². The third-order valence-electron chi connectivity index (χ3n) is 5.66. The van der Waals surface area contributed by atoms with Gasteiger partial charge in [0.15, 0.2) is 0 Å². The Morgan fingerprint density at radius 1 is 1.33 bits per heavy atom. The van der Waals surface area contributed by atoms with Gasteiger partial charge < -0.3 is 16.0 Å². The summed E-state index contributed by atoms with van der Waals surface area (Å²) in [5, 5.41) is 3.48. The van der Waals surface area contributed by atoms with Crippen molar-refractivity contribution in [2.24, 2.45) is 11.1 Å². The first-order valence-electron chi connectivity index (χ1n) is 9.74. The lowest BCUT2D eigenvalue weighted by Gasteiger charge is -2.25. The number of nitrogens with one attached hydrogen (secondary N) is 1. The predicted octanol–water partition coefficient (Wildman–Crippen LogP) is 3.97. The highest BCUT2D eigenvalue weighted by Gasteiger charge is 2.46. The molecule has 2 aromatic carbocycles. The maximum Gasteiger partial charge on any atom is 0.254 e. The predicted molar refractivity (Wildman–Crippen MR) is 117 cm³/mol. The summed E-state index contributed by atoms with van der Waals surface area (Å²) in [6.07, 6.45) is 0.858. The van der Waals surface area contributed by atoms with Gasteiger partial charge in [-0.05, 0) is 41.7 Å². The first kappa shape index (κ1) is 21.2. The van der Waals surface area contributed by atoms with Gasteiger partial charge in [0.2, 0.25) is 5.91 Å². The number of carbonyl (C=O) groups is 2. The molecule has 1 fully saturated rings. The second-order valence-corrected chi connectivity index (χ2v) is 9.99. The third-order valence-corrected chi connectivity index (χ3v) is 7.07. The smallest absolute Gasteiger partial charge is 0.254 e. The molecule has 2 aliphatic rings. The average molecular weight is 448 g/mol.